The SMILES string of the molecule is CC(=O)NNc1nc(-c2ccccc2)c(NC(=O)c2ccc(C)cc2)s1. The van der Waals surface area contributed by atoms with Crippen molar-refractivity contribution in [3.63, 3.8) is 0 Å². The van der Waals surface area contributed by atoms with Crippen molar-refractivity contribution in [3.8, 4) is 11.3 Å². The largest absolute Gasteiger partial charge is 0.312 e. The van der Waals surface area contributed by atoms with Gasteiger partial charge in [0.2, 0.25) is 11.0 Å². The lowest BCUT2D eigenvalue weighted by Gasteiger charge is -2.05. The van der Waals surface area contributed by atoms with Crippen molar-refractivity contribution in [1.82, 2.24) is 10.4 Å². The Kier molecular flexibility index (Phi) is 5.28. The van der Waals surface area contributed by atoms with Crippen LogP contribution in [0.2, 0.25) is 0 Å². The van der Waals surface area contributed by atoms with Gasteiger partial charge in [-0.2, -0.15) is 0 Å². The molecule has 0 radical (unpaired) electrons. The summed E-state index contributed by atoms with van der Waals surface area (Å²) >= 11 is 1.25. The quantitative estimate of drug-likeness (QED) is 0.599. The molecular weight excluding hydrogens is 348 g/mol. The average molecular weight is 366 g/mol. The molecule has 0 atom stereocenters. The summed E-state index contributed by atoms with van der Waals surface area (Å²) < 4.78 is 0. The van der Waals surface area contributed by atoms with Crippen molar-refractivity contribution >= 4 is 33.3 Å². The second-order valence-corrected chi connectivity index (χ2v) is 6.69. The third-order valence-corrected chi connectivity index (χ3v) is 4.45. The molecule has 2 aromatic carbocycles. The van der Waals surface area contributed by atoms with Crippen molar-refractivity contribution in [3.05, 3.63) is 65.7 Å². The van der Waals surface area contributed by atoms with Crippen LogP contribution in [0.1, 0.15) is 22.8 Å². The summed E-state index contributed by atoms with van der Waals surface area (Å²) in [7, 11) is 0. The number of aryl methyl sites for hydroxylation is 1. The van der Waals surface area contributed by atoms with Crippen molar-refractivity contribution in [2.75, 3.05) is 10.7 Å². The van der Waals surface area contributed by atoms with Crippen LogP contribution in [-0.2, 0) is 4.79 Å². The first-order valence-electron chi connectivity index (χ1n) is 8.00. The topological polar surface area (TPSA) is 83.1 Å². The third-order valence-electron chi connectivity index (χ3n) is 3.56. The zero-order valence-corrected chi connectivity index (χ0v) is 15.2. The molecule has 0 aliphatic heterocycles. The fourth-order valence-corrected chi connectivity index (χ4v) is 3.11. The number of benzene rings is 2. The third kappa shape index (κ3) is 4.25. The molecule has 3 aromatic rings. The predicted octanol–water partition coefficient (Wildman–Crippen LogP) is 3.83. The van der Waals surface area contributed by atoms with Gasteiger partial charge in [-0.1, -0.05) is 59.4 Å². The summed E-state index contributed by atoms with van der Waals surface area (Å²) in [5, 5.41) is 4.01. The number of aromatic nitrogens is 1. The molecule has 0 aliphatic rings. The van der Waals surface area contributed by atoms with Crippen LogP contribution in [0.5, 0.6) is 0 Å². The van der Waals surface area contributed by atoms with Gasteiger partial charge in [0.15, 0.2) is 0 Å². The van der Waals surface area contributed by atoms with Gasteiger partial charge in [0.1, 0.15) is 10.7 Å². The molecule has 1 heterocycles. The number of nitrogens with one attached hydrogen (secondary N) is 3. The van der Waals surface area contributed by atoms with Gasteiger partial charge in [0.05, 0.1) is 0 Å². The summed E-state index contributed by atoms with van der Waals surface area (Å²) in [6.45, 7) is 3.37. The van der Waals surface area contributed by atoms with E-state index in [1.54, 1.807) is 12.1 Å². The van der Waals surface area contributed by atoms with Crippen LogP contribution >= 0.6 is 11.3 Å². The molecule has 0 saturated carbocycles. The van der Waals surface area contributed by atoms with Gasteiger partial charge >= 0.3 is 0 Å². The van der Waals surface area contributed by atoms with Crippen LogP contribution in [0, 0.1) is 6.92 Å². The molecule has 132 valence electrons. The fourth-order valence-electron chi connectivity index (χ4n) is 2.27. The molecule has 0 aliphatic carbocycles. The van der Waals surface area contributed by atoms with E-state index in [0.29, 0.717) is 21.4 Å². The number of carbonyl (C=O) groups is 2. The number of carbonyl (C=O) groups excluding carboxylic acids is 2. The Labute approximate surface area is 155 Å². The Morgan fingerprint density at radius 1 is 1.00 bits per heavy atom. The van der Waals surface area contributed by atoms with E-state index in [0.717, 1.165) is 11.1 Å². The summed E-state index contributed by atoms with van der Waals surface area (Å²) in [6, 6.07) is 16.9. The molecule has 26 heavy (non-hydrogen) atoms. The smallest absolute Gasteiger partial charge is 0.256 e. The molecule has 3 rings (SSSR count). The average Bonchev–Trinajstić information content (AvgIpc) is 3.04. The van der Waals surface area contributed by atoms with Crippen LogP contribution in [0.25, 0.3) is 11.3 Å². The van der Waals surface area contributed by atoms with Gasteiger partial charge in [-0.05, 0) is 19.1 Å². The van der Waals surface area contributed by atoms with E-state index in [2.05, 4.69) is 21.2 Å². The predicted molar refractivity (Wildman–Crippen MR) is 104 cm³/mol. The highest BCUT2D eigenvalue weighted by Crippen LogP contribution is 2.35. The Hall–Kier alpha value is -3.19. The van der Waals surface area contributed by atoms with Crippen LogP contribution < -0.4 is 16.2 Å². The number of nitrogens with zero attached hydrogens (tertiary/aromatic N) is 1. The lowest BCUT2D eigenvalue weighted by atomic mass is 10.1. The fraction of sp³-hybridized carbons (Fsp3) is 0.105. The Morgan fingerprint density at radius 2 is 1.69 bits per heavy atom. The Balaban J connectivity index is 1.89. The standard InChI is InChI=1S/C19H18N4O2S/c1-12-8-10-15(11-9-12)17(25)21-18-16(14-6-4-3-5-7-14)20-19(26-18)23-22-13(2)24/h3-11H,1-2H3,(H,20,23)(H,21,25)(H,22,24). The second-order valence-electron chi connectivity index (χ2n) is 5.69. The van der Waals surface area contributed by atoms with E-state index in [1.807, 2.05) is 49.4 Å². The molecule has 3 N–H and O–H groups in total. The maximum atomic E-state index is 12.6. The van der Waals surface area contributed by atoms with E-state index >= 15 is 0 Å². The highest BCUT2D eigenvalue weighted by Gasteiger charge is 2.16. The van der Waals surface area contributed by atoms with E-state index in [9.17, 15) is 9.59 Å². The van der Waals surface area contributed by atoms with E-state index in [1.165, 1.54) is 18.3 Å². The van der Waals surface area contributed by atoms with Gasteiger partial charge in [-0.15, -0.1) is 0 Å². The molecule has 0 fully saturated rings. The number of hydrogen-bond donors (Lipinski definition) is 3. The molecule has 1 aromatic heterocycles. The van der Waals surface area contributed by atoms with Crippen LogP contribution in [0.15, 0.2) is 54.6 Å². The zero-order valence-electron chi connectivity index (χ0n) is 14.4. The van der Waals surface area contributed by atoms with Gasteiger partial charge in [-0.25, -0.2) is 4.98 Å². The monoisotopic (exact) mass is 366 g/mol. The van der Waals surface area contributed by atoms with Crippen molar-refractivity contribution in [2.45, 2.75) is 13.8 Å². The number of anilines is 2. The first kappa shape index (κ1) is 17.6. The molecule has 6 nitrogen and oxygen atoms in total. The molecular formula is C19H18N4O2S. The number of thiazole rings is 1. The minimum atomic E-state index is -0.230. The number of hydrazine groups is 1. The number of rotatable bonds is 5. The molecule has 0 saturated heterocycles. The maximum Gasteiger partial charge on any atom is 0.256 e. The Bertz CT molecular complexity index is 920. The second kappa shape index (κ2) is 7.79. The zero-order chi connectivity index (χ0) is 18.5. The summed E-state index contributed by atoms with van der Waals surface area (Å²) in [4.78, 5) is 28.2. The number of hydrogen-bond acceptors (Lipinski definition) is 5. The van der Waals surface area contributed by atoms with Crippen LogP contribution in [-0.4, -0.2) is 16.8 Å². The lowest BCUT2D eigenvalue weighted by molar-refractivity contribution is -0.118. The lowest BCUT2D eigenvalue weighted by Crippen LogP contribution is -2.26. The summed E-state index contributed by atoms with van der Waals surface area (Å²) in [6.07, 6.45) is 0. The summed E-state index contributed by atoms with van der Waals surface area (Å²) in [5.41, 5.74) is 8.42. The molecule has 0 spiro atoms. The van der Waals surface area contributed by atoms with Gasteiger partial charge in [0.25, 0.3) is 5.91 Å². The van der Waals surface area contributed by atoms with Gasteiger partial charge in [0, 0.05) is 18.1 Å². The minimum absolute atomic E-state index is 0.211. The molecule has 0 bridgehead atoms. The highest BCUT2D eigenvalue weighted by atomic mass is 32.1. The van der Waals surface area contributed by atoms with Crippen molar-refractivity contribution in [1.29, 1.82) is 0 Å². The first-order valence-corrected chi connectivity index (χ1v) is 8.81. The maximum absolute atomic E-state index is 12.6. The number of amides is 2. The highest BCUT2D eigenvalue weighted by molar-refractivity contribution is 7.20. The first-order chi connectivity index (χ1) is 12.5. The van der Waals surface area contributed by atoms with E-state index in [-0.39, 0.29) is 11.8 Å². The van der Waals surface area contributed by atoms with Crippen LogP contribution in [0.3, 0.4) is 0 Å². The van der Waals surface area contributed by atoms with E-state index < -0.39 is 0 Å². The van der Waals surface area contributed by atoms with Gasteiger partial charge in [-0.3, -0.25) is 20.4 Å². The summed E-state index contributed by atoms with van der Waals surface area (Å²) in [5.74, 6) is -0.441. The minimum Gasteiger partial charge on any atom is -0.312 e. The molecule has 2 amide bonds. The van der Waals surface area contributed by atoms with Crippen molar-refractivity contribution in [2.24, 2.45) is 0 Å². The normalized spacial score (nSPS) is 10.2. The van der Waals surface area contributed by atoms with Crippen LogP contribution in [0.4, 0.5) is 10.1 Å². The van der Waals surface area contributed by atoms with E-state index in [4.69, 9.17) is 0 Å². The van der Waals surface area contributed by atoms with Gasteiger partial charge < -0.3 is 5.32 Å². The molecule has 7 heteroatoms. The van der Waals surface area contributed by atoms with Crippen molar-refractivity contribution < 1.29 is 9.59 Å². The molecule has 0 unspecified atom stereocenters. The Morgan fingerprint density at radius 3 is 2.35 bits per heavy atom.